The number of pyridine rings is 1. The fourth-order valence-corrected chi connectivity index (χ4v) is 3.39. The van der Waals surface area contributed by atoms with Gasteiger partial charge in [-0.3, -0.25) is 24.4 Å². The summed E-state index contributed by atoms with van der Waals surface area (Å²) in [4.78, 5) is 41.8. The Morgan fingerprint density at radius 3 is 2.48 bits per heavy atom. The number of aromatic nitrogens is 1. The lowest BCUT2D eigenvalue weighted by molar-refractivity contribution is -0.216. The molecular formula is C23H33N3O5. The van der Waals surface area contributed by atoms with E-state index in [4.69, 9.17) is 4.84 Å². The third-order valence-corrected chi connectivity index (χ3v) is 4.80. The zero-order chi connectivity index (χ0) is 23.0. The summed E-state index contributed by atoms with van der Waals surface area (Å²) in [6.45, 7) is 8.53. The molecule has 0 atom stereocenters. The van der Waals surface area contributed by atoms with Gasteiger partial charge >= 0.3 is 0 Å². The van der Waals surface area contributed by atoms with Crippen molar-refractivity contribution in [3.63, 3.8) is 0 Å². The van der Waals surface area contributed by atoms with E-state index in [1.807, 2.05) is 32.9 Å². The lowest BCUT2D eigenvalue weighted by Gasteiger charge is -2.26. The van der Waals surface area contributed by atoms with Gasteiger partial charge in [-0.05, 0) is 46.6 Å². The van der Waals surface area contributed by atoms with Gasteiger partial charge in [0.2, 0.25) is 6.41 Å². The topological polar surface area (TPSA) is 92.1 Å². The van der Waals surface area contributed by atoms with E-state index in [2.05, 4.69) is 0 Å². The summed E-state index contributed by atoms with van der Waals surface area (Å²) in [6, 6.07) is 8.53. The summed E-state index contributed by atoms with van der Waals surface area (Å²) in [7, 11) is 0. The summed E-state index contributed by atoms with van der Waals surface area (Å²) in [5, 5.41) is 12.4. The Morgan fingerprint density at radius 1 is 1.16 bits per heavy atom. The van der Waals surface area contributed by atoms with Gasteiger partial charge in [0.25, 0.3) is 11.5 Å². The molecule has 0 radical (unpaired) electrons. The SMILES string of the molecule is CCN(O)C(=O)c1cc(=O)n(CCCCCCN(C=O)OC(C)(C)C)c2ccccc12. The van der Waals surface area contributed by atoms with E-state index in [0.717, 1.165) is 25.7 Å². The van der Waals surface area contributed by atoms with E-state index in [1.54, 1.807) is 23.6 Å². The monoisotopic (exact) mass is 431 g/mol. The Labute approximate surface area is 182 Å². The van der Waals surface area contributed by atoms with Crippen LogP contribution in [0.3, 0.4) is 0 Å². The first-order valence-electron chi connectivity index (χ1n) is 10.7. The third kappa shape index (κ3) is 6.90. The number of carbonyl (C=O) groups is 2. The van der Waals surface area contributed by atoms with Crippen molar-refractivity contribution in [3.05, 3.63) is 46.2 Å². The lowest BCUT2D eigenvalue weighted by Crippen LogP contribution is -2.33. The highest BCUT2D eigenvalue weighted by molar-refractivity contribution is 6.05. The Hall–Kier alpha value is -2.71. The minimum Gasteiger partial charge on any atom is -0.308 e. The molecule has 0 aliphatic heterocycles. The number of rotatable bonds is 11. The van der Waals surface area contributed by atoms with Crippen LogP contribution in [0, 0.1) is 0 Å². The van der Waals surface area contributed by atoms with E-state index in [1.165, 1.54) is 11.1 Å². The maximum Gasteiger partial charge on any atom is 0.278 e. The first-order chi connectivity index (χ1) is 14.7. The molecule has 0 aliphatic rings. The highest BCUT2D eigenvalue weighted by Gasteiger charge is 2.18. The van der Waals surface area contributed by atoms with Crippen molar-refractivity contribution in [1.82, 2.24) is 14.7 Å². The Kier molecular flexibility index (Phi) is 8.76. The van der Waals surface area contributed by atoms with Crippen molar-refractivity contribution in [2.75, 3.05) is 13.1 Å². The molecule has 1 N–H and O–H groups in total. The van der Waals surface area contributed by atoms with Gasteiger partial charge in [-0.15, -0.1) is 0 Å². The van der Waals surface area contributed by atoms with Crippen LogP contribution in [-0.4, -0.2) is 50.9 Å². The Morgan fingerprint density at radius 2 is 1.84 bits per heavy atom. The number of aryl methyl sites for hydroxylation is 1. The van der Waals surface area contributed by atoms with E-state index < -0.39 is 11.5 Å². The van der Waals surface area contributed by atoms with E-state index >= 15 is 0 Å². The largest absolute Gasteiger partial charge is 0.308 e. The van der Waals surface area contributed by atoms with Crippen molar-refractivity contribution in [2.24, 2.45) is 0 Å². The minimum absolute atomic E-state index is 0.137. The second-order valence-electron chi connectivity index (χ2n) is 8.45. The molecule has 8 nitrogen and oxygen atoms in total. The van der Waals surface area contributed by atoms with Crippen LogP contribution in [0.5, 0.6) is 0 Å². The summed E-state index contributed by atoms with van der Waals surface area (Å²) in [6.07, 6.45) is 4.09. The van der Waals surface area contributed by atoms with Crippen LogP contribution < -0.4 is 5.56 Å². The Bertz CT molecular complexity index is 948. The summed E-state index contributed by atoms with van der Waals surface area (Å²) in [5.41, 5.74) is 0.195. The average molecular weight is 432 g/mol. The predicted molar refractivity (Wildman–Crippen MR) is 119 cm³/mol. The molecule has 2 aromatic rings. The fourth-order valence-electron chi connectivity index (χ4n) is 3.39. The van der Waals surface area contributed by atoms with Crippen LogP contribution in [-0.2, 0) is 16.2 Å². The number of benzene rings is 1. The van der Waals surface area contributed by atoms with Crippen molar-refractivity contribution in [2.45, 2.75) is 65.5 Å². The summed E-state index contributed by atoms with van der Waals surface area (Å²) in [5.74, 6) is -0.583. The number of unbranched alkanes of at least 4 members (excludes halogenated alkanes) is 3. The van der Waals surface area contributed by atoms with Gasteiger partial charge in [-0.1, -0.05) is 31.0 Å². The molecule has 0 fully saturated rings. The fraction of sp³-hybridized carbons (Fsp3) is 0.522. The smallest absolute Gasteiger partial charge is 0.278 e. The minimum atomic E-state index is -0.583. The Balaban J connectivity index is 2.00. The van der Waals surface area contributed by atoms with Crippen LogP contribution in [0.15, 0.2) is 35.1 Å². The van der Waals surface area contributed by atoms with Gasteiger partial charge in [-0.2, -0.15) is 0 Å². The number of nitrogens with zero attached hydrogens (tertiary/aromatic N) is 3. The molecule has 0 aliphatic carbocycles. The normalized spacial score (nSPS) is 11.5. The number of hydroxylamine groups is 4. The molecule has 2 rings (SSSR count). The standard InChI is InChI=1S/C23H33N3O5/c1-5-26(30)22(29)19-16-21(28)25(20-13-9-8-12-18(19)20)15-11-7-6-10-14-24(17-27)31-23(2,3)4/h8-9,12-13,16-17,30H,5-7,10-11,14-15H2,1-4H3. The first-order valence-corrected chi connectivity index (χ1v) is 10.7. The number of para-hydroxylation sites is 1. The van der Waals surface area contributed by atoms with Crippen LogP contribution in [0.25, 0.3) is 10.9 Å². The molecule has 0 saturated heterocycles. The van der Waals surface area contributed by atoms with Gasteiger partial charge in [0.05, 0.1) is 16.7 Å². The highest BCUT2D eigenvalue weighted by Crippen LogP contribution is 2.19. The number of carbonyl (C=O) groups excluding carboxylic acids is 2. The van der Waals surface area contributed by atoms with Crippen LogP contribution >= 0.6 is 0 Å². The first kappa shape index (κ1) is 24.6. The number of hydrogen-bond acceptors (Lipinski definition) is 5. The van der Waals surface area contributed by atoms with Gasteiger partial charge < -0.3 is 4.57 Å². The second-order valence-corrected chi connectivity index (χ2v) is 8.45. The molecule has 170 valence electrons. The third-order valence-electron chi connectivity index (χ3n) is 4.80. The molecule has 0 bridgehead atoms. The molecule has 2 amide bonds. The van der Waals surface area contributed by atoms with Gasteiger partial charge in [0.15, 0.2) is 0 Å². The molecule has 8 heteroatoms. The molecule has 0 spiro atoms. The lowest BCUT2D eigenvalue weighted by atomic mass is 10.1. The predicted octanol–water partition coefficient (Wildman–Crippen LogP) is 3.60. The zero-order valence-electron chi connectivity index (χ0n) is 18.8. The maximum atomic E-state index is 12.7. The zero-order valence-corrected chi connectivity index (χ0v) is 18.8. The molecule has 1 heterocycles. The van der Waals surface area contributed by atoms with Crippen LogP contribution in [0.2, 0.25) is 0 Å². The van der Waals surface area contributed by atoms with E-state index in [9.17, 15) is 19.6 Å². The van der Waals surface area contributed by atoms with Gasteiger partial charge in [0, 0.05) is 31.1 Å². The highest BCUT2D eigenvalue weighted by atomic mass is 16.7. The van der Waals surface area contributed by atoms with Crippen molar-refractivity contribution >= 4 is 23.2 Å². The number of fused-ring (bicyclic) bond motifs is 1. The molecule has 1 aromatic carbocycles. The van der Waals surface area contributed by atoms with Crippen molar-refractivity contribution in [1.29, 1.82) is 0 Å². The van der Waals surface area contributed by atoms with Crippen LogP contribution in [0.1, 0.15) is 63.7 Å². The number of amides is 2. The molecule has 0 unspecified atom stereocenters. The quantitative estimate of drug-likeness (QED) is 0.254. The molecule has 1 aromatic heterocycles. The van der Waals surface area contributed by atoms with Gasteiger partial charge in [0.1, 0.15) is 0 Å². The van der Waals surface area contributed by atoms with Gasteiger partial charge in [-0.25, -0.2) is 10.1 Å². The molecular weight excluding hydrogens is 398 g/mol. The summed E-state index contributed by atoms with van der Waals surface area (Å²) < 4.78 is 1.67. The van der Waals surface area contributed by atoms with E-state index in [-0.39, 0.29) is 17.7 Å². The van der Waals surface area contributed by atoms with Crippen LogP contribution in [0.4, 0.5) is 0 Å². The van der Waals surface area contributed by atoms with E-state index in [0.29, 0.717) is 35.5 Å². The second kappa shape index (κ2) is 11.1. The van der Waals surface area contributed by atoms with Crippen molar-refractivity contribution < 1.29 is 19.6 Å². The van der Waals surface area contributed by atoms with Crippen molar-refractivity contribution in [3.8, 4) is 0 Å². The average Bonchev–Trinajstić information content (AvgIpc) is 2.74. The molecule has 31 heavy (non-hydrogen) atoms. The summed E-state index contributed by atoms with van der Waals surface area (Å²) >= 11 is 0. The number of hydrogen-bond donors (Lipinski definition) is 1. The maximum absolute atomic E-state index is 12.7. The molecule has 0 saturated carbocycles.